The number of anilines is 1. The van der Waals surface area contributed by atoms with E-state index in [1.807, 2.05) is 18.9 Å². The lowest BCUT2D eigenvalue weighted by Crippen LogP contribution is -2.25. The van der Waals surface area contributed by atoms with Gasteiger partial charge in [0.1, 0.15) is 17.5 Å². The number of aryl methyl sites for hydroxylation is 1. The molecule has 0 aliphatic carbocycles. The fraction of sp³-hybridized carbons (Fsp3) is 0.444. The van der Waals surface area contributed by atoms with Gasteiger partial charge in [-0.1, -0.05) is 5.16 Å². The van der Waals surface area contributed by atoms with Gasteiger partial charge in [0.15, 0.2) is 5.82 Å². The zero-order valence-electron chi connectivity index (χ0n) is 8.77. The molecule has 0 fully saturated rings. The van der Waals surface area contributed by atoms with Crippen LogP contribution in [0.25, 0.3) is 11.1 Å². The van der Waals surface area contributed by atoms with Crippen LogP contribution in [0.5, 0.6) is 0 Å². The number of aromatic nitrogens is 3. The van der Waals surface area contributed by atoms with Crippen LogP contribution in [0.4, 0.5) is 5.82 Å². The van der Waals surface area contributed by atoms with Crippen LogP contribution in [0.15, 0.2) is 10.9 Å². The van der Waals surface area contributed by atoms with E-state index in [-0.39, 0.29) is 0 Å². The molecule has 0 aliphatic rings. The number of hydrogen-bond acceptors (Lipinski definition) is 6. The molecule has 0 unspecified atom stereocenters. The second-order valence-electron chi connectivity index (χ2n) is 3.35. The Labute approximate surface area is 87.1 Å². The van der Waals surface area contributed by atoms with Crippen molar-refractivity contribution in [2.24, 2.45) is 5.73 Å². The Hall–Kier alpha value is -1.69. The number of likely N-dealkylation sites (N-methyl/N-ethyl adjacent to an activating group) is 1. The number of nitrogens with two attached hydrogens (primary N) is 1. The van der Waals surface area contributed by atoms with Crippen molar-refractivity contribution in [2.75, 3.05) is 25.0 Å². The van der Waals surface area contributed by atoms with Gasteiger partial charge in [-0.2, -0.15) is 0 Å². The first-order chi connectivity index (χ1) is 7.24. The second kappa shape index (κ2) is 3.82. The highest BCUT2D eigenvalue weighted by Crippen LogP contribution is 2.23. The van der Waals surface area contributed by atoms with Gasteiger partial charge in [-0.15, -0.1) is 0 Å². The van der Waals surface area contributed by atoms with E-state index in [0.717, 1.165) is 17.0 Å². The lowest BCUT2D eigenvalue weighted by molar-refractivity contribution is 0.449. The predicted molar refractivity (Wildman–Crippen MR) is 56.7 cm³/mol. The van der Waals surface area contributed by atoms with Crippen molar-refractivity contribution in [1.29, 1.82) is 0 Å². The van der Waals surface area contributed by atoms with Gasteiger partial charge in [-0.05, 0) is 6.92 Å². The average molecular weight is 207 g/mol. The Morgan fingerprint density at radius 2 is 2.27 bits per heavy atom. The molecule has 0 aromatic carbocycles. The van der Waals surface area contributed by atoms with Crippen molar-refractivity contribution in [3.63, 3.8) is 0 Å². The quantitative estimate of drug-likeness (QED) is 0.780. The van der Waals surface area contributed by atoms with Crippen LogP contribution in [0, 0.1) is 6.92 Å². The van der Waals surface area contributed by atoms with Crippen LogP contribution in [-0.2, 0) is 0 Å². The smallest absolute Gasteiger partial charge is 0.227 e. The van der Waals surface area contributed by atoms with E-state index in [4.69, 9.17) is 10.3 Å². The van der Waals surface area contributed by atoms with Gasteiger partial charge in [-0.25, -0.2) is 9.97 Å². The summed E-state index contributed by atoms with van der Waals surface area (Å²) < 4.78 is 5.19. The van der Waals surface area contributed by atoms with Gasteiger partial charge < -0.3 is 15.2 Å². The first-order valence-corrected chi connectivity index (χ1v) is 4.72. The minimum atomic E-state index is 0.565. The standard InChI is InChI=1S/C9H13N5O/c1-6-7-8(15-13-6)9(12-5-11-7)14(2)4-3-10/h5H,3-4,10H2,1-2H3. The first-order valence-electron chi connectivity index (χ1n) is 4.72. The topological polar surface area (TPSA) is 81.1 Å². The molecular formula is C9H13N5O. The molecule has 15 heavy (non-hydrogen) atoms. The van der Waals surface area contributed by atoms with Crippen LogP contribution >= 0.6 is 0 Å². The number of rotatable bonds is 3. The molecule has 6 heteroatoms. The number of fused-ring (bicyclic) bond motifs is 1. The fourth-order valence-electron chi connectivity index (χ4n) is 1.44. The molecule has 0 bridgehead atoms. The van der Waals surface area contributed by atoms with Crippen LogP contribution in [0.3, 0.4) is 0 Å². The second-order valence-corrected chi connectivity index (χ2v) is 3.35. The summed E-state index contributed by atoms with van der Waals surface area (Å²) >= 11 is 0. The molecule has 2 rings (SSSR count). The number of hydrogen-bond donors (Lipinski definition) is 1. The third kappa shape index (κ3) is 1.63. The van der Waals surface area contributed by atoms with E-state index < -0.39 is 0 Å². The van der Waals surface area contributed by atoms with Crippen molar-refractivity contribution in [3.05, 3.63) is 12.0 Å². The summed E-state index contributed by atoms with van der Waals surface area (Å²) in [6, 6.07) is 0. The summed E-state index contributed by atoms with van der Waals surface area (Å²) in [7, 11) is 1.91. The molecule has 2 heterocycles. The Bertz CT molecular complexity index is 466. The molecule has 80 valence electrons. The molecule has 2 aromatic rings. The van der Waals surface area contributed by atoms with Crippen LogP contribution in [0.2, 0.25) is 0 Å². The third-order valence-electron chi connectivity index (χ3n) is 2.23. The lowest BCUT2D eigenvalue weighted by atomic mass is 10.3. The van der Waals surface area contributed by atoms with Crippen molar-refractivity contribution in [2.45, 2.75) is 6.92 Å². The maximum atomic E-state index is 5.48. The third-order valence-corrected chi connectivity index (χ3v) is 2.23. The first kappa shape index (κ1) is 9.85. The van der Waals surface area contributed by atoms with Crippen molar-refractivity contribution >= 4 is 16.9 Å². The van der Waals surface area contributed by atoms with Gasteiger partial charge in [0.05, 0.1) is 0 Å². The van der Waals surface area contributed by atoms with Crippen LogP contribution < -0.4 is 10.6 Å². The van der Waals surface area contributed by atoms with Crippen molar-refractivity contribution < 1.29 is 4.52 Å². The molecule has 0 radical (unpaired) electrons. The normalized spacial score (nSPS) is 10.9. The maximum Gasteiger partial charge on any atom is 0.227 e. The van der Waals surface area contributed by atoms with E-state index in [1.165, 1.54) is 6.33 Å². The Morgan fingerprint density at radius 1 is 1.47 bits per heavy atom. The molecule has 0 aliphatic heterocycles. The summed E-state index contributed by atoms with van der Waals surface area (Å²) in [5.41, 5.74) is 7.63. The van der Waals surface area contributed by atoms with Crippen LogP contribution in [0.1, 0.15) is 5.69 Å². The molecule has 2 N–H and O–H groups in total. The molecule has 0 amide bonds. The predicted octanol–water partition coefficient (Wildman–Crippen LogP) is 0.321. The van der Waals surface area contributed by atoms with Gasteiger partial charge >= 0.3 is 0 Å². The molecule has 0 spiro atoms. The summed E-state index contributed by atoms with van der Waals surface area (Å²) in [5, 5.41) is 3.86. The Balaban J connectivity index is 2.51. The molecule has 0 saturated carbocycles. The van der Waals surface area contributed by atoms with Crippen molar-refractivity contribution in [1.82, 2.24) is 15.1 Å². The largest absolute Gasteiger partial charge is 0.355 e. The van der Waals surface area contributed by atoms with E-state index >= 15 is 0 Å². The zero-order chi connectivity index (χ0) is 10.8. The molecule has 2 aromatic heterocycles. The highest BCUT2D eigenvalue weighted by atomic mass is 16.5. The maximum absolute atomic E-state index is 5.48. The average Bonchev–Trinajstić information content (AvgIpc) is 2.61. The van der Waals surface area contributed by atoms with Gasteiger partial charge in [-0.3, -0.25) is 0 Å². The van der Waals surface area contributed by atoms with E-state index in [9.17, 15) is 0 Å². The zero-order valence-corrected chi connectivity index (χ0v) is 8.77. The van der Waals surface area contributed by atoms with Crippen molar-refractivity contribution in [3.8, 4) is 0 Å². The number of nitrogens with zero attached hydrogens (tertiary/aromatic N) is 4. The SMILES string of the molecule is Cc1noc2c(N(C)CCN)ncnc12. The molecule has 0 atom stereocenters. The summed E-state index contributed by atoms with van der Waals surface area (Å²) in [4.78, 5) is 10.2. The molecule has 0 saturated heterocycles. The monoisotopic (exact) mass is 207 g/mol. The van der Waals surface area contributed by atoms with Gasteiger partial charge in [0.2, 0.25) is 5.58 Å². The fourth-order valence-corrected chi connectivity index (χ4v) is 1.44. The summed E-state index contributed by atoms with van der Waals surface area (Å²) in [6.45, 7) is 3.13. The molecular weight excluding hydrogens is 194 g/mol. The van der Waals surface area contributed by atoms with E-state index in [0.29, 0.717) is 18.7 Å². The van der Waals surface area contributed by atoms with Crippen LogP contribution in [-0.4, -0.2) is 35.3 Å². The minimum Gasteiger partial charge on any atom is -0.355 e. The Kier molecular flexibility index (Phi) is 2.51. The summed E-state index contributed by atoms with van der Waals surface area (Å²) in [6.07, 6.45) is 1.51. The van der Waals surface area contributed by atoms with E-state index in [1.54, 1.807) is 0 Å². The highest BCUT2D eigenvalue weighted by Gasteiger charge is 2.14. The Morgan fingerprint density at radius 3 is 3.00 bits per heavy atom. The van der Waals surface area contributed by atoms with Gasteiger partial charge in [0, 0.05) is 20.1 Å². The summed E-state index contributed by atoms with van der Waals surface area (Å²) in [5.74, 6) is 0.728. The highest BCUT2D eigenvalue weighted by molar-refractivity contribution is 5.84. The van der Waals surface area contributed by atoms with E-state index in [2.05, 4.69) is 15.1 Å². The molecule has 6 nitrogen and oxygen atoms in total. The lowest BCUT2D eigenvalue weighted by Gasteiger charge is -2.15. The van der Waals surface area contributed by atoms with Gasteiger partial charge in [0.25, 0.3) is 0 Å². The minimum absolute atomic E-state index is 0.565.